The fraction of sp³-hybridized carbons (Fsp3) is 0.667. The molecule has 1 heterocycles. The van der Waals surface area contributed by atoms with Crippen molar-refractivity contribution in [1.82, 2.24) is 0 Å². The van der Waals surface area contributed by atoms with E-state index >= 15 is 0 Å². The van der Waals surface area contributed by atoms with Gasteiger partial charge in [-0.3, -0.25) is 4.79 Å². The number of Topliss-reactive ketones (excluding diaryl/α,β-unsaturated/α-hetero) is 1. The summed E-state index contributed by atoms with van der Waals surface area (Å²) >= 11 is 0. The van der Waals surface area contributed by atoms with E-state index in [2.05, 4.69) is 0 Å². The number of aliphatic hydroxyl groups excluding tert-OH is 1. The van der Waals surface area contributed by atoms with E-state index in [1.165, 1.54) is 0 Å². The zero-order valence-electron chi connectivity index (χ0n) is 7.40. The Morgan fingerprint density at radius 1 is 1.46 bits per heavy atom. The topological polar surface area (TPSA) is 46.5 Å². The molecule has 0 spiro atoms. The molecule has 1 saturated carbocycles. The number of ether oxygens (including phenoxy) is 1. The fourth-order valence-corrected chi connectivity index (χ4v) is 1.81. The Kier molecular flexibility index (Phi) is 4.23. The Bertz CT molecular complexity index is 237. The Labute approximate surface area is 102 Å². The van der Waals surface area contributed by atoms with E-state index in [1.54, 1.807) is 0 Å². The number of hydrogen-bond donors (Lipinski definition) is 1. The van der Waals surface area contributed by atoms with Gasteiger partial charge in [0.1, 0.15) is 5.78 Å². The van der Waals surface area contributed by atoms with E-state index in [0.717, 1.165) is 12.0 Å². The van der Waals surface area contributed by atoms with Crippen LogP contribution in [0.25, 0.3) is 0 Å². The van der Waals surface area contributed by atoms with Crippen LogP contribution in [-0.2, 0) is 42.2 Å². The molecule has 69 valence electrons. The second kappa shape index (κ2) is 4.78. The molecule has 3 nitrogen and oxygen atoms in total. The predicted octanol–water partition coefficient (Wildman–Crippen LogP) is 0.423. The standard InChI is InChI=1S/C9H12O3.Y/c10-6-4-8(11)7-2-1-3-12-9(7)5-6;/h2,8-9,11H,1,3-5H2;/t8-,9-;/m1./s1. The molecule has 0 aromatic heterocycles. The summed E-state index contributed by atoms with van der Waals surface area (Å²) in [5, 5.41) is 9.51. The number of carbonyl (C=O) groups is 1. The number of aliphatic hydroxyl groups is 1. The summed E-state index contributed by atoms with van der Waals surface area (Å²) in [6.45, 7) is 0.675. The van der Waals surface area contributed by atoms with Crippen LogP contribution in [0, 0.1) is 0 Å². The Morgan fingerprint density at radius 2 is 2.23 bits per heavy atom. The van der Waals surface area contributed by atoms with Crippen LogP contribution in [0.2, 0.25) is 0 Å². The molecule has 13 heavy (non-hydrogen) atoms. The van der Waals surface area contributed by atoms with Crippen molar-refractivity contribution >= 4 is 5.78 Å². The first-order valence-electron chi connectivity index (χ1n) is 4.28. The molecule has 0 saturated heterocycles. The summed E-state index contributed by atoms with van der Waals surface area (Å²) in [4.78, 5) is 11.1. The third kappa shape index (κ3) is 2.46. The van der Waals surface area contributed by atoms with Crippen molar-refractivity contribution in [2.24, 2.45) is 0 Å². The minimum Gasteiger partial charge on any atom is -0.388 e. The molecule has 1 aliphatic carbocycles. The van der Waals surface area contributed by atoms with Gasteiger partial charge in [-0.05, 0) is 12.0 Å². The number of fused-ring (bicyclic) bond motifs is 1. The average Bonchev–Trinajstić information content (AvgIpc) is 2.04. The number of hydrogen-bond acceptors (Lipinski definition) is 3. The van der Waals surface area contributed by atoms with Gasteiger partial charge in [0.15, 0.2) is 0 Å². The molecule has 0 unspecified atom stereocenters. The molecule has 2 rings (SSSR count). The zero-order chi connectivity index (χ0) is 8.55. The van der Waals surface area contributed by atoms with Gasteiger partial charge in [-0.25, -0.2) is 0 Å². The molecule has 1 radical (unpaired) electrons. The number of rotatable bonds is 0. The molecule has 0 bridgehead atoms. The molecular formula is C9H12O3Y. The molecule has 1 N–H and O–H groups in total. The van der Waals surface area contributed by atoms with Gasteiger partial charge < -0.3 is 9.84 Å². The minimum atomic E-state index is -0.587. The van der Waals surface area contributed by atoms with Gasteiger partial charge in [0.05, 0.1) is 18.8 Å². The van der Waals surface area contributed by atoms with Gasteiger partial charge >= 0.3 is 0 Å². The molecule has 1 fully saturated rings. The first kappa shape index (κ1) is 11.5. The maximum Gasteiger partial charge on any atom is 0.138 e. The van der Waals surface area contributed by atoms with Crippen LogP contribution in [0.1, 0.15) is 19.3 Å². The summed E-state index contributed by atoms with van der Waals surface area (Å²) in [5.74, 6) is 0.103. The predicted molar refractivity (Wildman–Crippen MR) is 42.7 cm³/mol. The van der Waals surface area contributed by atoms with Crippen LogP contribution in [0.4, 0.5) is 0 Å². The van der Waals surface area contributed by atoms with Gasteiger partial charge in [0, 0.05) is 45.6 Å². The van der Waals surface area contributed by atoms with E-state index < -0.39 is 6.10 Å². The van der Waals surface area contributed by atoms with E-state index in [9.17, 15) is 9.90 Å². The second-order valence-corrected chi connectivity index (χ2v) is 3.31. The molecule has 2 aliphatic rings. The van der Waals surface area contributed by atoms with E-state index in [0.29, 0.717) is 13.0 Å². The van der Waals surface area contributed by atoms with Crippen molar-refractivity contribution in [3.63, 3.8) is 0 Å². The summed E-state index contributed by atoms with van der Waals surface area (Å²) in [6, 6.07) is 0. The molecular weight excluding hydrogens is 245 g/mol. The van der Waals surface area contributed by atoms with E-state index in [4.69, 9.17) is 4.74 Å². The van der Waals surface area contributed by atoms with Gasteiger partial charge in [-0.2, -0.15) is 0 Å². The summed E-state index contributed by atoms with van der Waals surface area (Å²) in [6.07, 6.45) is 2.86. The normalized spacial score (nSPS) is 33.0. The van der Waals surface area contributed by atoms with Crippen molar-refractivity contribution in [2.45, 2.75) is 31.5 Å². The van der Waals surface area contributed by atoms with Crippen LogP contribution in [0.5, 0.6) is 0 Å². The summed E-state index contributed by atoms with van der Waals surface area (Å²) in [7, 11) is 0. The maximum absolute atomic E-state index is 11.1. The van der Waals surface area contributed by atoms with Crippen LogP contribution in [0.15, 0.2) is 11.6 Å². The first-order valence-corrected chi connectivity index (χ1v) is 4.28. The van der Waals surface area contributed by atoms with Crippen LogP contribution in [0.3, 0.4) is 0 Å². The SMILES string of the molecule is O=C1C[C@@H](O)C2=CCCO[C@@H]2C1.[Y]. The van der Waals surface area contributed by atoms with Crippen LogP contribution >= 0.6 is 0 Å². The summed E-state index contributed by atoms with van der Waals surface area (Å²) < 4.78 is 5.37. The molecule has 0 amide bonds. The number of carbonyl (C=O) groups excluding carboxylic acids is 1. The van der Waals surface area contributed by atoms with Gasteiger partial charge in [-0.1, -0.05) is 6.08 Å². The third-order valence-corrected chi connectivity index (χ3v) is 2.41. The maximum atomic E-state index is 11.1. The third-order valence-electron chi connectivity index (χ3n) is 2.41. The van der Waals surface area contributed by atoms with Crippen LogP contribution in [-0.4, -0.2) is 29.7 Å². The smallest absolute Gasteiger partial charge is 0.138 e. The van der Waals surface area contributed by atoms with E-state index in [-0.39, 0.29) is 51.0 Å². The second-order valence-electron chi connectivity index (χ2n) is 3.31. The number of ketones is 1. The Balaban J connectivity index is 0.000000845. The molecule has 4 heteroatoms. The van der Waals surface area contributed by atoms with Crippen molar-refractivity contribution in [3.8, 4) is 0 Å². The Morgan fingerprint density at radius 3 is 3.00 bits per heavy atom. The van der Waals surface area contributed by atoms with Crippen molar-refractivity contribution < 1.29 is 47.3 Å². The summed E-state index contributed by atoms with van der Waals surface area (Å²) in [5.41, 5.74) is 0.917. The molecule has 0 aromatic carbocycles. The molecule has 2 atom stereocenters. The molecule has 0 aromatic rings. The van der Waals surface area contributed by atoms with E-state index in [1.807, 2.05) is 6.08 Å². The quantitative estimate of drug-likeness (QED) is 0.640. The van der Waals surface area contributed by atoms with Gasteiger partial charge in [0.2, 0.25) is 0 Å². The fourth-order valence-electron chi connectivity index (χ4n) is 1.81. The molecule has 1 aliphatic heterocycles. The van der Waals surface area contributed by atoms with Gasteiger partial charge in [0.25, 0.3) is 0 Å². The largest absolute Gasteiger partial charge is 0.388 e. The van der Waals surface area contributed by atoms with Crippen molar-refractivity contribution in [1.29, 1.82) is 0 Å². The van der Waals surface area contributed by atoms with Crippen molar-refractivity contribution in [2.75, 3.05) is 6.61 Å². The van der Waals surface area contributed by atoms with Crippen molar-refractivity contribution in [3.05, 3.63) is 11.6 Å². The average molecular weight is 257 g/mol. The minimum absolute atomic E-state index is 0. The van der Waals surface area contributed by atoms with Crippen LogP contribution < -0.4 is 0 Å². The first-order chi connectivity index (χ1) is 5.77. The monoisotopic (exact) mass is 257 g/mol. The van der Waals surface area contributed by atoms with Gasteiger partial charge in [-0.15, -0.1) is 0 Å². The Hall–Kier alpha value is 0.434. The zero-order valence-corrected chi connectivity index (χ0v) is 10.2.